The lowest BCUT2D eigenvalue weighted by molar-refractivity contribution is -0.129. The first-order valence-corrected chi connectivity index (χ1v) is 10.4. The lowest BCUT2D eigenvalue weighted by Crippen LogP contribution is -2.40. The Bertz CT molecular complexity index is 794. The summed E-state index contributed by atoms with van der Waals surface area (Å²) in [6.45, 7) is 0.575. The van der Waals surface area contributed by atoms with Gasteiger partial charge in [-0.15, -0.1) is 0 Å². The van der Waals surface area contributed by atoms with Gasteiger partial charge < -0.3 is 10.2 Å². The third-order valence-electron chi connectivity index (χ3n) is 5.89. The van der Waals surface area contributed by atoms with Gasteiger partial charge in [0.1, 0.15) is 0 Å². The summed E-state index contributed by atoms with van der Waals surface area (Å²) in [5.74, 6) is 0.437. The third kappa shape index (κ3) is 4.61. The van der Waals surface area contributed by atoms with Crippen LogP contribution in [0.4, 0.5) is 5.69 Å². The van der Waals surface area contributed by atoms with Crippen LogP contribution in [0.2, 0.25) is 0 Å². The smallest absolute Gasteiger partial charge is 0.230 e. The van der Waals surface area contributed by atoms with Crippen LogP contribution >= 0.6 is 0 Å². The summed E-state index contributed by atoms with van der Waals surface area (Å²) in [5, 5.41) is 3.11. The van der Waals surface area contributed by atoms with Crippen molar-refractivity contribution in [3.8, 4) is 0 Å². The van der Waals surface area contributed by atoms with Gasteiger partial charge >= 0.3 is 0 Å². The highest BCUT2D eigenvalue weighted by Gasteiger charge is 2.34. The quantitative estimate of drug-likeness (QED) is 0.817. The molecule has 0 radical (unpaired) electrons. The molecular weight excluding hydrogens is 348 g/mol. The number of carbonyl (C=O) groups excluding carboxylic acids is 2. The highest BCUT2D eigenvalue weighted by atomic mass is 16.2. The summed E-state index contributed by atoms with van der Waals surface area (Å²) in [6, 6.07) is 20.4. The van der Waals surface area contributed by atoms with E-state index in [0.29, 0.717) is 12.6 Å². The maximum Gasteiger partial charge on any atom is 0.230 e. The third-order valence-corrected chi connectivity index (χ3v) is 5.89. The molecule has 2 aromatic rings. The van der Waals surface area contributed by atoms with Gasteiger partial charge in [-0.3, -0.25) is 9.59 Å². The van der Waals surface area contributed by atoms with Crippen LogP contribution in [0.15, 0.2) is 60.7 Å². The first kappa shape index (κ1) is 18.7. The van der Waals surface area contributed by atoms with E-state index in [2.05, 4.69) is 17.4 Å². The zero-order valence-corrected chi connectivity index (χ0v) is 16.2. The van der Waals surface area contributed by atoms with Gasteiger partial charge in [0.05, 0.1) is 6.54 Å². The van der Waals surface area contributed by atoms with Crippen molar-refractivity contribution in [2.24, 2.45) is 11.8 Å². The minimum absolute atomic E-state index is 0.00565. The molecule has 4 heteroatoms. The molecule has 0 aromatic heterocycles. The zero-order valence-electron chi connectivity index (χ0n) is 16.2. The normalized spacial score (nSPS) is 21.7. The molecule has 2 amide bonds. The lowest BCUT2D eigenvalue weighted by atomic mass is 9.80. The standard InChI is InChI=1S/C24H28N2O2/c27-23(25-21-15-16-21)19-11-13-20(14-12-19)24(28)26(22-9-5-2-6-10-22)17-18-7-3-1-4-8-18/h1-10,19-21H,11-17H2,(H,25,27). The molecular formula is C24H28N2O2. The topological polar surface area (TPSA) is 49.4 Å². The summed E-state index contributed by atoms with van der Waals surface area (Å²) in [4.78, 5) is 27.6. The van der Waals surface area contributed by atoms with Crippen molar-refractivity contribution in [3.05, 3.63) is 66.2 Å². The van der Waals surface area contributed by atoms with E-state index in [-0.39, 0.29) is 23.7 Å². The second kappa shape index (κ2) is 8.59. The molecule has 4 nitrogen and oxygen atoms in total. The van der Waals surface area contributed by atoms with Gasteiger partial charge in [-0.1, -0.05) is 48.5 Å². The SMILES string of the molecule is O=C(NC1CC1)C1CCC(C(=O)N(Cc2ccccc2)c2ccccc2)CC1. The first-order valence-electron chi connectivity index (χ1n) is 10.4. The summed E-state index contributed by atoms with van der Waals surface area (Å²) >= 11 is 0. The molecule has 2 aliphatic rings. The number of anilines is 1. The molecule has 28 heavy (non-hydrogen) atoms. The summed E-state index contributed by atoms with van der Waals surface area (Å²) in [5.41, 5.74) is 2.06. The monoisotopic (exact) mass is 376 g/mol. The van der Waals surface area contributed by atoms with Crippen molar-refractivity contribution in [3.63, 3.8) is 0 Å². The van der Waals surface area contributed by atoms with E-state index in [1.165, 1.54) is 0 Å². The van der Waals surface area contributed by atoms with Crippen molar-refractivity contribution in [1.29, 1.82) is 0 Å². The maximum absolute atomic E-state index is 13.4. The van der Waals surface area contributed by atoms with Gasteiger partial charge in [0.15, 0.2) is 0 Å². The molecule has 0 bridgehead atoms. The van der Waals surface area contributed by atoms with Crippen LogP contribution in [0.5, 0.6) is 0 Å². The van der Waals surface area contributed by atoms with Crippen LogP contribution < -0.4 is 10.2 Å². The van der Waals surface area contributed by atoms with Gasteiger partial charge in [-0.2, -0.15) is 0 Å². The Morgan fingerprint density at radius 1 is 0.786 bits per heavy atom. The van der Waals surface area contributed by atoms with Gasteiger partial charge in [-0.25, -0.2) is 0 Å². The Kier molecular flexibility index (Phi) is 5.75. The van der Waals surface area contributed by atoms with Crippen LogP contribution in [-0.4, -0.2) is 17.9 Å². The van der Waals surface area contributed by atoms with Crippen LogP contribution in [0.25, 0.3) is 0 Å². The van der Waals surface area contributed by atoms with E-state index in [9.17, 15) is 9.59 Å². The van der Waals surface area contributed by atoms with Gasteiger partial charge in [0.25, 0.3) is 0 Å². The second-order valence-electron chi connectivity index (χ2n) is 8.08. The van der Waals surface area contributed by atoms with Crippen LogP contribution in [0.1, 0.15) is 44.1 Å². The molecule has 0 spiro atoms. The number of para-hydroxylation sites is 1. The van der Waals surface area contributed by atoms with Crippen LogP contribution in [0.3, 0.4) is 0 Å². The van der Waals surface area contributed by atoms with E-state index in [4.69, 9.17) is 0 Å². The number of nitrogens with one attached hydrogen (secondary N) is 1. The molecule has 4 rings (SSSR count). The highest BCUT2D eigenvalue weighted by molar-refractivity contribution is 5.95. The molecule has 0 aliphatic heterocycles. The highest BCUT2D eigenvalue weighted by Crippen LogP contribution is 2.33. The number of carbonyl (C=O) groups is 2. The minimum Gasteiger partial charge on any atom is -0.353 e. The number of hydrogen-bond donors (Lipinski definition) is 1. The van der Waals surface area contributed by atoms with Crippen LogP contribution in [0, 0.1) is 11.8 Å². The van der Waals surface area contributed by atoms with Crippen molar-refractivity contribution in [2.45, 2.75) is 51.1 Å². The van der Waals surface area contributed by atoms with E-state index >= 15 is 0 Å². The summed E-state index contributed by atoms with van der Waals surface area (Å²) in [7, 11) is 0. The molecule has 2 aliphatic carbocycles. The molecule has 0 atom stereocenters. The van der Waals surface area contributed by atoms with Gasteiger partial charge in [-0.05, 0) is 56.2 Å². The zero-order chi connectivity index (χ0) is 19.3. The van der Waals surface area contributed by atoms with E-state index in [1.54, 1.807) is 0 Å². The molecule has 0 heterocycles. The van der Waals surface area contributed by atoms with Gasteiger partial charge in [0.2, 0.25) is 11.8 Å². The second-order valence-corrected chi connectivity index (χ2v) is 8.08. The minimum atomic E-state index is -0.00565. The molecule has 146 valence electrons. The fourth-order valence-electron chi connectivity index (χ4n) is 4.04. The number of nitrogens with zero attached hydrogens (tertiary/aromatic N) is 1. The number of benzene rings is 2. The average molecular weight is 377 g/mol. The van der Waals surface area contributed by atoms with E-state index in [1.807, 2.05) is 53.4 Å². The molecule has 0 unspecified atom stereocenters. The Morgan fingerprint density at radius 3 is 1.96 bits per heavy atom. The Balaban J connectivity index is 1.43. The van der Waals surface area contributed by atoms with Crippen molar-refractivity contribution in [2.75, 3.05) is 4.90 Å². The number of rotatable bonds is 6. The maximum atomic E-state index is 13.4. The van der Waals surface area contributed by atoms with Crippen molar-refractivity contribution in [1.82, 2.24) is 5.32 Å². The van der Waals surface area contributed by atoms with Crippen molar-refractivity contribution >= 4 is 17.5 Å². The van der Waals surface area contributed by atoms with Crippen molar-refractivity contribution < 1.29 is 9.59 Å². The van der Waals surface area contributed by atoms with E-state index < -0.39 is 0 Å². The summed E-state index contributed by atoms with van der Waals surface area (Å²) in [6.07, 6.45) is 5.43. The molecule has 2 aromatic carbocycles. The largest absolute Gasteiger partial charge is 0.353 e. The number of hydrogen-bond acceptors (Lipinski definition) is 2. The predicted octanol–water partition coefficient (Wildman–Crippen LogP) is 4.30. The Morgan fingerprint density at radius 2 is 1.36 bits per heavy atom. The fraction of sp³-hybridized carbons (Fsp3) is 0.417. The van der Waals surface area contributed by atoms with E-state index in [0.717, 1.165) is 49.8 Å². The summed E-state index contributed by atoms with van der Waals surface area (Å²) < 4.78 is 0. The van der Waals surface area contributed by atoms with Gasteiger partial charge in [0, 0.05) is 23.6 Å². The Labute approximate surface area is 166 Å². The fourth-order valence-corrected chi connectivity index (χ4v) is 4.04. The molecule has 0 saturated heterocycles. The van der Waals surface area contributed by atoms with Crippen LogP contribution in [-0.2, 0) is 16.1 Å². The molecule has 2 fully saturated rings. The first-order chi connectivity index (χ1) is 13.7. The predicted molar refractivity (Wildman–Crippen MR) is 111 cm³/mol. The Hall–Kier alpha value is -2.62. The number of amides is 2. The lowest BCUT2D eigenvalue weighted by Gasteiger charge is -2.32. The average Bonchev–Trinajstić information content (AvgIpc) is 3.57. The molecule has 1 N–H and O–H groups in total. The molecule has 2 saturated carbocycles.